The van der Waals surface area contributed by atoms with Gasteiger partial charge in [0.15, 0.2) is 5.78 Å². The Morgan fingerprint density at radius 1 is 0.862 bits per heavy atom. The highest BCUT2D eigenvalue weighted by Crippen LogP contribution is 2.38. The van der Waals surface area contributed by atoms with Crippen LogP contribution in [0.5, 0.6) is 0 Å². The summed E-state index contributed by atoms with van der Waals surface area (Å²) in [5.41, 5.74) is 7.81. The molecule has 1 heteroatoms. The summed E-state index contributed by atoms with van der Waals surface area (Å²) in [7, 11) is 0. The van der Waals surface area contributed by atoms with Gasteiger partial charge in [-0.05, 0) is 59.1 Å². The van der Waals surface area contributed by atoms with Gasteiger partial charge in [-0.15, -0.1) is 0 Å². The lowest BCUT2D eigenvalue weighted by atomic mass is 9.93. The Labute approximate surface area is 177 Å². The third-order valence-corrected chi connectivity index (χ3v) is 6.42. The third-order valence-electron chi connectivity index (χ3n) is 6.42. The molecule has 1 aliphatic carbocycles. The number of ketones is 1. The van der Waals surface area contributed by atoms with E-state index in [4.69, 9.17) is 0 Å². The minimum atomic E-state index is 0.312. The second kappa shape index (κ2) is 10.8. The van der Waals surface area contributed by atoms with E-state index in [1.807, 2.05) is 0 Å². The van der Waals surface area contributed by atoms with Gasteiger partial charge in [0.1, 0.15) is 0 Å². The highest BCUT2D eigenvalue weighted by atomic mass is 16.1. The maximum Gasteiger partial charge on any atom is 0.163 e. The Hall–Kier alpha value is -1.89. The Kier molecular flexibility index (Phi) is 8.09. The first-order valence-corrected chi connectivity index (χ1v) is 11.9. The molecule has 0 N–H and O–H groups in total. The molecular formula is C28H38O. The molecule has 29 heavy (non-hydrogen) atoms. The van der Waals surface area contributed by atoms with Gasteiger partial charge in [-0.1, -0.05) is 96.0 Å². The minimum absolute atomic E-state index is 0.312. The number of rotatable bonds is 12. The van der Waals surface area contributed by atoms with Crippen LogP contribution in [-0.2, 0) is 12.8 Å². The van der Waals surface area contributed by atoms with Crippen LogP contribution in [0.15, 0.2) is 36.4 Å². The maximum absolute atomic E-state index is 12.8. The predicted molar refractivity (Wildman–Crippen MR) is 125 cm³/mol. The second-order valence-corrected chi connectivity index (χ2v) is 9.08. The van der Waals surface area contributed by atoms with Gasteiger partial charge in [-0.2, -0.15) is 0 Å². The van der Waals surface area contributed by atoms with E-state index in [-0.39, 0.29) is 0 Å². The molecule has 0 heterocycles. The molecule has 156 valence electrons. The average Bonchev–Trinajstić information content (AvgIpc) is 3.08. The number of unbranched alkanes of at least 4 members (excludes halogenated alkanes) is 5. The Balaban J connectivity index is 1.61. The fourth-order valence-electron chi connectivity index (χ4n) is 4.63. The lowest BCUT2D eigenvalue weighted by Crippen LogP contribution is -2.06. The van der Waals surface area contributed by atoms with Gasteiger partial charge in [0.2, 0.25) is 0 Å². The molecule has 1 aliphatic rings. The number of benzene rings is 2. The van der Waals surface area contributed by atoms with Crippen molar-refractivity contribution < 1.29 is 4.79 Å². The van der Waals surface area contributed by atoms with Crippen molar-refractivity contribution in [2.24, 2.45) is 5.92 Å². The van der Waals surface area contributed by atoms with Crippen molar-refractivity contribution in [1.82, 2.24) is 0 Å². The summed E-state index contributed by atoms with van der Waals surface area (Å²) in [6.45, 7) is 6.73. The van der Waals surface area contributed by atoms with Gasteiger partial charge in [-0.3, -0.25) is 4.79 Å². The Morgan fingerprint density at radius 3 is 2.31 bits per heavy atom. The highest BCUT2D eigenvalue weighted by Gasteiger charge is 2.21. The monoisotopic (exact) mass is 390 g/mol. The van der Waals surface area contributed by atoms with Crippen LogP contribution < -0.4 is 0 Å². The fraction of sp³-hybridized carbons (Fsp3) is 0.536. The van der Waals surface area contributed by atoms with E-state index in [1.54, 1.807) is 0 Å². The molecule has 1 nitrogen and oxygen atoms in total. The molecule has 2 aromatic rings. The van der Waals surface area contributed by atoms with Crippen LogP contribution in [0.1, 0.15) is 106 Å². The van der Waals surface area contributed by atoms with Gasteiger partial charge in [0.05, 0.1) is 0 Å². The molecule has 0 aromatic heterocycles. The van der Waals surface area contributed by atoms with E-state index in [0.29, 0.717) is 18.1 Å². The van der Waals surface area contributed by atoms with Crippen molar-refractivity contribution in [1.29, 1.82) is 0 Å². The van der Waals surface area contributed by atoms with Crippen LogP contribution in [0.25, 0.3) is 11.1 Å². The highest BCUT2D eigenvalue weighted by molar-refractivity contribution is 5.97. The van der Waals surface area contributed by atoms with Crippen molar-refractivity contribution in [2.45, 2.75) is 91.4 Å². The SMILES string of the molecule is CCCCCCC(C)CC(=O)c1ccc2c(c1)Cc1cc(CCCCC)ccc1-2. The van der Waals surface area contributed by atoms with E-state index in [9.17, 15) is 4.79 Å². The Bertz CT molecular complexity index is 817. The zero-order chi connectivity index (χ0) is 20.6. The van der Waals surface area contributed by atoms with E-state index in [2.05, 4.69) is 57.2 Å². The number of Topliss-reactive ketones (excluding diaryl/α,β-unsaturated/α-hetero) is 1. The first-order chi connectivity index (χ1) is 14.1. The van der Waals surface area contributed by atoms with Gasteiger partial charge < -0.3 is 0 Å². The molecule has 2 aromatic carbocycles. The van der Waals surface area contributed by atoms with Crippen LogP contribution in [0.2, 0.25) is 0 Å². The van der Waals surface area contributed by atoms with Gasteiger partial charge in [0.25, 0.3) is 0 Å². The fourth-order valence-corrected chi connectivity index (χ4v) is 4.63. The lowest BCUT2D eigenvalue weighted by Gasteiger charge is -2.11. The Morgan fingerprint density at radius 2 is 1.55 bits per heavy atom. The maximum atomic E-state index is 12.8. The third kappa shape index (κ3) is 5.81. The van der Waals surface area contributed by atoms with E-state index < -0.39 is 0 Å². The topological polar surface area (TPSA) is 17.1 Å². The molecule has 0 bridgehead atoms. The number of carbonyl (C=O) groups excluding carboxylic acids is 1. The molecule has 0 aliphatic heterocycles. The first-order valence-electron chi connectivity index (χ1n) is 11.9. The molecule has 0 radical (unpaired) electrons. The molecule has 0 fully saturated rings. The average molecular weight is 391 g/mol. The van der Waals surface area contributed by atoms with Crippen LogP contribution in [0.3, 0.4) is 0 Å². The molecule has 0 amide bonds. The summed E-state index contributed by atoms with van der Waals surface area (Å²) < 4.78 is 0. The van der Waals surface area contributed by atoms with Crippen LogP contribution in [0, 0.1) is 5.92 Å². The van der Waals surface area contributed by atoms with Crippen LogP contribution >= 0.6 is 0 Å². The number of hydrogen-bond acceptors (Lipinski definition) is 1. The van der Waals surface area contributed by atoms with Crippen molar-refractivity contribution >= 4 is 5.78 Å². The normalized spacial score (nSPS) is 13.2. The number of fused-ring (bicyclic) bond motifs is 3. The van der Waals surface area contributed by atoms with Crippen LogP contribution in [-0.4, -0.2) is 5.78 Å². The molecule has 3 rings (SSSR count). The largest absolute Gasteiger partial charge is 0.294 e. The van der Waals surface area contributed by atoms with Crippen molar-refractivity contribution in [2.75, 3.05) is 0 Å². The quantitative estimate of drug-likeness (QED) is 0.225. The number of hydrogen-bond donors (Lipinski definition) is 0. The summed E-state index contributed by atoms with van der Waals surface area (Å²) in [5.74, 6) is 0.794. The lowest BCUT2D eigenvalue weighted by molar-refractivity contribution is 0.0962. The van der Waals surface area contributed by atoms with Gasteiger partial charge in [0, 0.05) is 12.0 Å². The summed E-state index contributed by atoms with van der Waals surface area (Å²) in [6.07, 6.45) is 13.0. The summed E-state index contributed by atoms with van der Waals surface area (Å²) in [5, 5.41) is 0. The first kappa shape index (κ1) is 21.8. The minimum Gasteiger partial charge on any atom is -0.294 e. The molecule has 0 spiro atoms. The second-order valence-electron chi connectivity index (χ2n) is 9.08. The van der Waals surface area contributed by atoms with Crippen molar-refractivity contribution in [3.05, 3.63) is 58.7 Å². The summed E-state index contributed by atoms with van der Waals surface area (Å²) in [6, 6.07) is 13.4. The summed E-state index contributed by atoms with van der Waals surface area (Å²) in [4.78, 5) is 12.8. The zero-order valence-corrected chi connectivity index (χ0v) is 18.7. The van der Waals surface area contributed by atoms with E-state index in [1.165, 1.54) is 85.6 Å². The predicted octanol–water partition coefficient (Wildman–Crippen LogP) is 8.17. The van der Waals surface area contributed by atoms with E-state index in [0.717, 1.165) is 12.0 Å². The van der Waals surface area contributed by atoms with Gasteiger partial charge in [-0.25, -0.2) is 0 Å². The van der Waals surface area contributed by atoms with Crippen molar-refractivity contribution in [3.8, 4) is 11.1 Å². The molecule has 0 saturated carbocycles. The van der Waals surface area contributed by atoms with Crippen LogP contribution in [0.4, 0.5) is 0 Å². The number of aryl methyl sites for hydroxylation is 1. The summed E-state index contributed by atoms with van der Waals surface area (Å²) >= 11 is 0. The van der Waals surface area contributed by atoms with Gasteiger partial charge >= 0.3 is 0 Å². The molecule has 1 atom stereocenters. The standard InChI is InChI=1S/C28H38O/c1-4-6-8-10-11-21(3)17-28(29)23-14-16-27-25(19-23)20-24-18-22(12-9-7-5-2)13-15-26(24)27/h13-16,18-19,21H,4-12,17,20H2,1-3H3. The molecule has 0 saturated heterocycles. The molecule has 1 unspecified atom stereocenters. The zero-order valence-electron chi connectivity index (χ0n) is 18.7. The van der Waals surface area contributed by atoms with Crippen molar-refractivity contribution in [3.63, 3.8) is 0 Å². The number of carbonyl (C=O) groups is 1. The molecular weight excluding hydrogens is 352 g/mol. The van der Waals surface area contributed by atoms with E-state index >= 15 is 0 Å². The smallest absolute Gasteiger partial charge is 0.163 e.